The molecule has 2 rings (SSSR count). The molecule has 0 heterocycles. The standard InChI is InChI=1S/C29H37N2O8.Na.H/c1-19(2)24(30-28(34)37-17-22-12-8-6-9-13-22)26(32)36-16-21(5)39-27(33)25(20(3)4)31-29(35)38-18-23-14-10-7-11-15-23;;/h6-15,19-21,24-25H,5,16-18H2,1-4H3,(H,30,34)(H,31,35);;/t21?,24-,25-;;/m0../s1. The predicted octanol–water partition coefficient (Wildman–Crippen LogP) is 3.53. The van der Waals surface area contributed by atoms with Crippen LogP contribution in [0, 0.1) is 18.8 Å². The van der Waals surface area contributed by atoms with Crippen molar-refractivity contribution in [1.82, 2.24) is 10.6 Å². The van der Waals surface area contributed by atoms with Crippen LogP contribution in [0.5, 0.6) is 0 Å². The monoisotopic (exact) mass is 565 g/mol. The first-order valence-corrected chi connectivity index (χ1v) is 12.7. The van der Waals surface area contributed by atoms with Gasteiger partial charge in [0, 0.05) is 0 Å². The minimum atomic E-state index is -1.05. The van der Waals surface area contributed by atoms with Crippen LogP contribution in [0.2, 0.25) is 0 Å². The molecule has 2 aromatic carbocycles. The third kappa shape index (κ3) is 12.8. The Morgan fingerprint density at radius 3 is 1.48 bits per heavy atom. The van der Waals surface area contributed by atoms with Crippen LogP contribution < -0.4 is 10.6 Å². The van der Waals surface area contributed by atoms with Crippen molar-refractivity contribution in [2.75, 3.05) is 6.61 Å². The average molecular weight is 566 g/mol. The van der Waals surface area contributed by atoms with E-state index in [1.54, 1.807) is 27.7 Å². The van der Waals surface area contributed by atoms with Gasteiger partial charge in [0.15, 0.2) is 0 Å². The SMILES string of the molecule is [CH2]C(COC(=O)[C@@H](NC(=O)OCc1ccccc1)C(C)C)OC(=O)[C@@H](NC(=O)OCc1ccccc1)C(C)C.[NaH]. The van der Waals surface area contributed by atoms with E-state index in [1.165, 1.54) is 0 Å². The first-order chi connectivity index (χ1) is 18.6. The number of carbonyl (C=O) groups excluding carboxylic acids is 4. The van der Waals surface area contributed by atoms with E-state index in [4.69, 9.17) is 18.9 Å². The first kappa shape index (κ1) is 34.9. The molecule has 10 nitrogen and oxygen atoms in total. The van der Waals surface area contributed by atoms with Gasteiger partial charge in [0.25, 0.3) is 0 Å². The Kier molecular flexibility index (Phi) is 16.0. The Morgan fingerprint density at radius 2 is 1.07 bits per heavy atom. The summed E-state index contributed by atoms with van der Waals surface area (Å²) in [5, 5.41) is 5.01. The molecule has 1 radical (unpaired) electrons. The van der Waals surface area contributed by atoms with Gasteiger partial charge in [-0.1, -0.05) is 88.4 Å². The molecular weight excluding hydrogens is 527 g/mol. The summed E-state index contributed by atoms with van der Waals surface area (Å²) in [5.41, 5.74) is 1.60. The van der Waals surface area contributed by atoms with Gasteiger partial charge in [-0.3, -0.25) is 0 Å². The summed E-state index contributed by atoms with van der Waals surface area (Å²) in [4.78, 5) is 49.7. The van der Waals surface area contributed by atoms with Crippen LogP contribution in [0.3, 0.4) is 0 Å². The normalized spacial score (nSPS) is 12.8. The number of carbonyl (C=O) groups is 4. The number of rotatable bonds is 13. The number of benzene rings is 2. The van der Waals surface area contributed by atoms with E-state index in [2.05, 4.69) is 17.6 Å². The van der Waals surface area contributed by atoms with Crippen LogP contribution in [-0.2, 0) is 41.8 Å². The van der Waals surface area contributed by atoms with Crippen LogP contribution in [0.4, 0.5) is 9.59 Å². The number of hydrogen-bond acceptors (Lipinski definition) is 8. The third-order valence-electron chi connectivity index (χ3n) is 5.51. The molecule has 40 heavy (non-hydrogen) atoms. The average Bonchev–Trinajstić information content (AvgIpc) is 2.91. The number of amides is 2. The van der Waals surface area contributed by atoms with Crippen LogP contribution in [0.15, 0.2) is 60.7 Å². The number of alkyl carbamates (subject to hydrolysis) is 2. The van der Waals surface area contributed by atoms with E-state index in [0.29, 0.717) is 0 Å². The summed E-state index contributed by atoms with van der Waals surface area (Å²) in [6, 6.07) is 16.2. The topological polar surface area (TPSA) is 129 Å². The molecular formula is C29H38N2NaO8. The molecule has 0 fully saturated rings. The fraction of sp³-hybridized carbons (Fsp3) is 0.414. The second-order valence-corrected chi connectivity index (χ2v) is 9.54. The van der Waals surface area contributed by atoms with E-state index in [0.717, 1.165) is 11.1 Å². The van der Waals surface area contributed by atoms with E-state index < -0.39 is 42.3 Å². The zero-order chi connectivity index (χ0) is 28.8. The van der Waals surface area contributed by atoms with Crippen molar-refractivity contribution in [1.29, 1.82) is 0 Å². The van der Waals surface area contributed by atoms with E-state index >= 15 is 0 Å². The number of hydrogen-bond donors (Lipinski definition) is 2. The van der Waals surface area contributed by atoms with Gasteiger partial charge in [0.2, 0.25) is 0 Å². The summed E-state index contributed by atoms with van der Waals surface area (Å²) in [7, 11) is 0. The van der Waals surface area contributed by atoms with E-state index in [9.17, 15) is 19.2 Å². The zero-order valence-corrected chi connectivity index (χ0v) is 22.8. The molecule has 0 saturated carbocycles. The van der Waals surface area contributed by atoms with Crippen LogP contribution >= 0.6 is 0 Å². The molecule has 213 valence electrons. The molecule has 0 saturated heterocycles. The Labute approximate surface area is 257 Å². The summed E-state index contributed by atoms with van der Waals surface area (Å²) < 4.78 is 20.9. The first-order valence-electron chi connectivity index (χ1n) is 12.7. The summed E-state index contributed by atoms with van der Waals surface area (Å²) >= 11 is 0. The molecule has 11 heteroatoms. The quantitative estimate of drug-likeness (QED) is 0.214. The van der Waals surface area contributed by atoms with E-state index in [1.807, 2.05) is 60.7 Å². The third-order valence-corrected chi connectivity index (χ3v) is 5.51. The summed E-state index contributed by atoms with van der Waals surface area (Å²) in [6.07, 6.45) is -2.59. The van der Waals surface area contributed by atoms with Crippen molar-refractivity contribution in [3.05, 3.63) is 78.7 Å². The molecule has 3 atom stereocenters. The van der Waals surface area contributed by atoms with Gasteiger partial charge in [-0.2, -0.15) is 0 Å². The van der Waals surface area contributed by atoms with Crippen LogP contribution in [0.1, 0.15) is 38.8 Å². The van der Waals surface area contributed by atoms with Gasteiger partial charge in [-0.15, -0.1) is 0 Å². The molecule has 2 aromatic rings. The van der Waals surface area contributed by atoms with Crippen LogP contribution in [-0.4, -0.2) is 78.5 Å². The Morgan fingerprint density at radius 1 is 0.675 bits per heavy atom. The molecule has 2 N–H and O–H groups in total. The fourth-order valence-electron chi connectivity index (χ4n) is 3.32. The Balaban J connectivity index is 0.00000800. The summed E-state index contributed by atoms with van der Waals surface area (Å²) in [5.74, 6) is -2.09. The molecule has 0 aliphatic rings. The van der Waals surface area contributed by atoms with Gasteiger partial charge < -0.3 is 29.6 Å². The van der Waals surface area contributed by atoms with Gasteiger partial charge in [-0.25, -0.2) is 19.2 Å². The number of nitrogens with one attached hydrogen (secondary N) is 2. The second kappa shape index (κ2) is 18.3. The molecule has 2 amide bonds. The minimum absolute atomic E-state index is 0. The number of esters is 2. The molecule has 0 bridgehead atoms. The number of ether oxygens (including phenoxy) is 4. The molecule has 0 aliphatic heterocycles. The molecule has 1 unspecified atom stereocenters. The second-order valence-electron chi connectivity index (χ2n) is 9.54. The van der Waals surface area contributed by atoms with Gasteiger partial charge >= 0.3 is 53.7 Å². The predicted molar refractivity (Wildman–Crippen MR) is 150 cm³/mol. The van der Waals surface area contributed by atoms with Crippen molar-refractivity contribution in [3.8, 4) is 0 Å². The van der Waals surface area contributed by atoms with Gasteiger partial charge in [0.1, 0.15) is 38.0 Å². The summed E-state index contributed by atoms with van der Waals surface area (Å²) in [6.45, 7) is 10.4. The van der Waals surface area contributed by atoms with Gasteiger partial charge in [0.05, 0.1) is 0 Å². The maximum atomic E-state index is 12.7. The van der Waals surface area contributed by atoms with Crippen molar-refractivity contribution in [2.24, 2.45) is 11.8 Å². The van der Waals surface area contributed by atoms with E-state index in [-0.39, 0.29) is 61.2 Å². The van der Waals surface area contributed by atoms with Gasteiger partial charge in [-0.05, 0) is 29.9 Å². The fourth-order valence-corrected chi connectivity index (χ4v) is 3.32. The molecule has 0 aromatic heterocycles. The Hall–Kier alpha value is -3.08. The van der Waals surface area contributed by atoms with Crippen molar-refractivity contribution < 1.29 is 38.1 Å². The molecule has 0 aliphatic carbocycles. The Bertz CT molecular complexity index is 1070. The van der Waals surface area contributed by atoms with Crippen molar-refractivity contribution in [3.63, 3.8) is 0 Å². The van der Waals surface area contributed by atoms with Crippen LogP contribution in [0.25, 0.3) is 0 Å². The van der Waals surface area contributed by atoms with Crippen molar-refractivity contribution in [2.45, 2.75) is 59.1 Å². The molecule has 0 spiro atoms. The maximum absolute atomic E-state index is 12.7. The zero-order valence-electron chi connectivity index (χ0n) is 22.8. The van der Waals surface area contributed by atoms with Crippen molar-refractivity contribution >= 4 is 53.7 Å².